The van der Waals surface area contributed by atoms with Crippen LogP contribution in [0.25, 0.3) is 0 Å². The highest BCUT2D eigenvalue weighted by atomic mass is 35.5. The molecule has 0 fully saturated rings. The quantitative estimate of drug-likeness (QED) is 0.568. The number of hydrogen-bond donors (Lipinski definition) is 0. The van der Waals surface area contributed by atoms with E-state index in [0.717, 1.165) is 6.20 Å². The second kappa shape index (κ2) is 4.32. The molecular formula is C8H6ClF2NO2. The Labute approximate surface area is 83.7 Å². The van der Waals surface area contributed by atoms with Gasteiger partial charge in [0, 0.05) is 6.20 Å². The molecule has 0 unspecified atom stereocenters. The molecule has 14 heavy (non-hydrogen) atoms. The van der Waals surface area contributed by atoms with Crippen molar-refractivity contribution in [2.75, 3.05) is 6.61 Å². The van der Waals surface area contributed by atoms with Gasteiger partial charge in [0.15, 0.2) is 5.82 Å². The van der Waals surface area contributed by atoms with Crippen LogP contribution in [-0.2, 0) is 4.74 Å². The van der Waals surface area contributed by atoms with Crippen molar-refractivity contribution in [2.24, 2.45) is 0 Å². The summed E-state index contributed by atoms with van der Waals surface area (Å²) in [6.45, 7) is 1.70. The van der Waals surface area contributed by atoms with Crippen LogP contribution >= 0.6 is 11.6 Å². The average Bonchev–Trinajstić information content (AvgIpc) is 2.15. The van der Waals surface area contributed by atoms with Gasteiger partial charge in [-0.3, -0.25) is 0 Å². The predicted octanol–water partition coefficient (Wildman–Crippen LogP) is 2.19. The maximum atomic E-state index is 12.8. The maximum Gasteiger partial charge on any atom is 0.341 e. The molecule has 0 aromatic carbocycles. The molecule has 1 aromatic heterocycles. The first-order chi connectivity index (χ1) is 6.57. The number of aromatic nitrogens is 1. The summed E-state index contributed by atoms with van der Waals surface area (Å²) >= 11 is 5.37. The van der Waals surface area contributed by atoms with Gasteiger partial charge in [-0.1, -0.05) is 11.6 Å². The smallest absolute Gasteiger partial charge is 0.341 e. The first kappa shape index (κ1) is 10.8. The van der Waals surface area contributed by atoms with Crippen LogP contribution in [0.2, 0.25) is 5.02 Å². The van der Waals surface area contributed by atoms with E-state index in [9.17, 15) is 13.6 Å². The fourth-order valence-electron chi connectivity index (χ4n) is 0.795. The summed E-state index contributed by atoms with van der Waals surface area (Å²) in [5.74, 6) is -3.52. The van der Waals surface area contributed by atoms with Crippen LogP contribution in [0.3, 0.4) is 0 Å². The summed E-state index contributed by atoms with van der Waals surface area (Å²) in [4.78, 5) is 14.1. The van der Waals surface area contributed by atoms with Crippen molar-refractivity contribution in [2.45, 2.75) is 6.92 Å². The third kappa shape index (κ3) is 1.98. The second-order valence-corrected chi connectivity index (χ2v) is 2.69. The third-order valence-electron chi connectivity index (χ3n) is 1.41. The van der Waals surface area contributed by atoms with Crippen LogP contribution in [0, 0.1) is 11.8 Å². The fourth-order valence-corrected chi connectivity index (χ4v) is 0.998. The van der Waals surface area contributed by atoms with E-state index in [1.54, 1.807) is 6.92 Å². The molecule has 0 spiro atoms. The minimum absolute atomic E-state index is 0.119. The van der Waals surface area contributed by atoms with Crippen molar-refractivity contribution in [1.82, 2.24) is 4.98 Å². The Morgan fingerprint density at radius 1 is 1.64 bits per heavy atom. The van der Waals surface area contributed by atoms with Crippen molar-refractivity contribution >= 4 is 17.6 Å². The summed E-state index contributed by atoms with van der Waals surface area (Å²) in [5.41, 5.74) is -0.285. The minimum atomic E-state index is -1.35. The zero-order chi connectivity index (χ0) is 10.7. The molecule has 0 aliphatic heterocycles. The standard InChI is InChI=1S/C8H6ClF2NO2/c1-2-14-8(13)4-3-12-7(11)6(10)5(4)9/h3H,2H2,1H3. The highest BCUT2D eigenvalue weighted by molar-refractivity contribution is 6.33. The van der Waals surface area contributed by atoms with Gasteiger partial charge in [0.1, 0.15) is 0 Å². The van der Waals surface area contributed by atoms with E-state index in [0.29, 0.717) is 0 Å². The largest absolute Gasteiger partial charge is 0.462 e. The highest BCUT2D eigenvalue weighted by Crippen LogP contribution is 2.21. The maximum absolute atomic E-state index is 12.8. The lowest BCUT2D eigenvalue weighted by Crippen LogP contribution is -2.08. The van der Waals surface area contributed by atoms with Gasteiger partial charge < -0.3 is 4.74 Å². The van der Waals surface area contributed by atoms with Gasteiger partial charge in [0.25, 0.3) is 5.95 Å². The van der Waals surface area contributed by atoms with Gasteiger partial charge in [-0.05, 0) is 6.92 Å². The van der Waals surface area contributed by atoms with Crippen molar-refractivity contribution in [3.05, 3.63) is 28.5 Å². The van der Waals surface area contributed by atoms with Crippen LogP contribution in [0.4, 0.5) is 8.78 Å². The first-order valence-electron chi connectivity index (χ1n) is 3.74. The molecule has 0 amide bonds. The molecule has 3 nitrogen and oxygen atoms in total. The lowest BCUT2D eigenvalue weighted by molar-refractivity contribution is 0.0525. The zero-order valence-corrected chi connectivity index (χ0v) is 7.94. The Bertz CT molecular complexity index is 371. The highest BCUT2D eigenvalue weighted by Gasteiger charge is 2.18. The zero-order valence-electron chi connectivity index (χ0n) is 7.18. The molecule has 0 bridgehead atoms. The van der Waals surface area contributed by atoms with Crippen LogP contribution < -0.4 is 0 Å². The van der Waals surface area contributed by atoms with Crippen molar-refractivity contribution < 1.29 is 18.3 Å². The number of ether oxygens (including phenoxy) is 1. The molecule has 1 aromatic rings. The molecule has 0 radical (unpaired) electrons. The monoisotopic (exact) mass is 221 g/mol. The molecule has 0 saturated carbocycles. The van der Waals surface area contributed by atoms with Gasteiger partial charge in [-0.2, -0.15) is 4.39 Å². The van der Waals surface area contributed by atoms with E-state index in [-0.39, 0.29) is 12.2 Å². The van der Waals surface area contributed by atoms with Crippen LogP contribution in [0.15, 0.2) is 6.20 Å². The molecule has 76 valence electrons. The number of esters is 1. The molecule has 1 rings (SSSR count). The summed E-state index contributed by atoms with van der Waals surface area (Å²) in [7, 11) is 0. The molecule has 1 heterocycles. The number of nitrogens with zero attached hydrogens (tertiary/aromatic N) is 1. The van der Waals surface area contributed by atoms with Gasteiger partial charge in [0.2, 0.25) is 0 Å². The molecule has 0 aliphatic carbocycles. The summed E-state index contributed by atoms with van der Waals surface area (Å²) in [5, 5.41) is -0.615. The van der Waals surface area contributed by atoms with Gasteiger partial charge in [-0.15, -0.1) is 0 Å². The van der Waals surface area contributed by atoms with Crippen molar-refractivity contribution in [3.63, 3.8) is 0 Å². The minimum Gasteiger partial charge on any atom is -0.462 e. The van der Waals surface area contributed by atoms with Crippen LogP contribution in [0.5, 0.6) is 0 Å². The van der Waals surface area contributed by atoms with E-state index >= 15 is 0 Å². The second-order valence-electron chi connectivity index (χ2n) is 2.31. The molecular weight excluding hydrogens is 216 g/mol. The number of carbonyl (C=O) groups excluding carboxylic acids is 1. The lowest BCUT2D eigenvalue weighted by atomic mass is 10.3. The lowest BCUT2D eigenvalue weighted by Gasteiger charge is -2.03. The van der Waals surface area contributed by atoms with Gasteiger partial charge in [-0.25, -0.2) is 14.2 Å². The van der Waals surface area contributed by atoms with Crippen molar-refractivity contribution in [3.8, 4) is 0 Å². The molecule has 0 aliphatic rings. The molecule has 0 N–H and O–H groups in total. The Morgan fingerprint density at radius 2 is 2.29 bits per heavy atom. The number of carbonyl (C=O) groups is 1. The fraction of sp³-hybridized carbons (Fsp3) is 0.250. The number of hydrogen-bond acceptors (Lipinski definition) is 3. The van der Waals surface area contributed by atoms with E-state index < -0.39 is 22.8 Å². The number of halogens is 3. The Morgan fingerprint density at radius 3 is 2.86 bits per heavy atom. The summed E-state index contributed by atoms with van der Waals surface area (Å²) in [6, 6.07) is 0. The Kier molecular flexibility index (Phi) is 3.35. The van der Waals surface area contributed by atoms with E-state index in [2.05, 4.69) is 9.72 Å². The first-order valence-corrected chi connectivity index (χ1v) is 4.12. The van der Waals surface area contributed by atoms with Gasteiger partial charge in [0.05, 0.1) is 17.2 Å². The Hall–Kier alpha value is -1.23. The van der Waals surface area contributed by atoms with Gasteiger partial charge >= 0.3 is 5.97 Å². The SMILES string of the molecule is CCOC(=O)c1cnc(F)c(F)c1Cl. The topological polar surface area (TPSA) is 39.2 Å². The molecule has 0 atom stereocenters. The Balaban J connectivity index is 3.11. The average molecular weight is 222 g/mol. The van der Waals surface area contributed by atoms with E-state index in [1.165, 1.54) is 0 Å². The van der Waals surface area contributed by atoms with E-state index in [1.807, 2.05) is 0 Å². The number of pyridine rings is 1. The van der Waals surface area contributed by atoms with Crippen LogP contribution in [-0.4, -0.2) is 17.6 Å². The molecule has 6 heteroatoms. The van der Waals surface area contributed by atoms with Crippen molar-refractivity contribution in [1.29, 1.82) is 0 Å². The molecule has 0 saturated heterocycles. The number of rotatable bonds is 2. The predicted molar refractivity (Wildman–Crippen MR) is 45.1 cm³/mol. The normalized spacial score (nSPS) is 10.0. The summed E-state index contributed by atoms with van der Waals surface area (Å²) < 4.78 is 29.9. The van der Waals surface area contributed by atoms with E-state index in [4.69, 9.17) is 11.6 Å². The summed E-state index contributed by atoms with van der Waals surface area (Å²) in [6.07, 6.45) is 0.832. The van der Waals surface area contributed by atoms with Crippen LogP contribution in [0.1, 0.15) is 17.3 Å². The third-order valence-corrected chi connectivity index (χ3v) is 1.78.